The largest absolute Gasteiger partial charge is 0.507 e. The molecule has 4 radical (unpaired) electrons. The number of carbonyl (C=O) groups excluding carboxylic acids is 1. The Morgan fingerprint density at radius 1 is 0.578 bits per heavy atom. The fourth-order valence-corrected chi connectivity index (χ4v) is 15.3. The molecule has 5 fully saturated rings. The summed E-state index contributed by atoms with van der Waals surface area (Å²) < 4.78 is 5.21. The second-order valence-corrected chi connectivity index (χ2v) is 29.0. The number of benzene rings is 2. The van der Waals surface area contributed by atoms with Crippen LogP contribution in [0.3, 0.4) is 0 Å². The van der Waals surface area contributed by atoms with Crippen molar-refractivity contribution in [2.24, 2.45) is 33.2 Å². The topological polar surface area (TPSA) is 188 Å². The third-order valence-corrected chi connectivity index (χ3v) is 21.0. The van der Waals surface area contributed by atoms with E-state index in [0.29, 0.717) is 39.0 Å². The number of hydrogen-bond acceptors (Lipinski definition) is 13. The Morgan fingerprint density at radius 3 is 1.72 bits per heavy atom. The summed E-state index contributed by atoms with van der Waals surface area (Å²) in [7, 11) is 0. The maximum Gasteiger partial charge on any atom is 0.225 e. The fourth-order valence-electron chi connectivity index (χ4n) is 15.3. The summed E-state index contributed by atoms with van der Waals surface area (Å²) in [6, 6.07) is 37.3. The number of allylic oxidation sites excluding steroid dienone is 1. The second-order valence-electron chi connectivity index (χ2n) is 29.0. The Morgan fingerprint density at radius 2 is 1.12 bits per heavy atom. The van der Waals surface area contributed by atoms with E-state index in [4.69, 9.17) is 11.7 Å². The summed E-state index contributed by atoms with van der Waals surface area (Å²) in [4.78, 5) is 45.4. The van der Waals surface area contributed by atoms with Crippen molar-refractivity contribution in [3.05, 3.63) is 229 Å². The Kier molecular flexibility index (Phi) is 32.4. The minimum atomic E-state index is -0.202. The number of nitrogens with zero attached hydrogens (tertiary/aromatic N) is 15. The van der Waals surface area contributed by atoms with Gasteiger partial charge in [-0.3, -0.25) is 9.78 Å². The number of rotatable bonds is 15. The van der Waals surface area contributed by atoms with E-state index in [-0.39, 0.29) is 97.4 Å². The maximum atomic E-state index is 11.8. The molecule has 0 amide bonds. The van der Waals surface area contributed by atoms with E-state index in [1.165, 1.54) is 152 Å². The van der Waals surface area contributed by atoms with Gasteiger partial charge in [0.1, 0.15) is 12.3 Å². The molecular weight excluding hydrogens is 1980 g/mol. The number of ketones is 1. The van der Waals surface area contributed by atoms with Crippen molar-refractivity contribution in [1.29, 1.82) is 0 Å². The Bertz CT molecular complexity index is 4060. The number of hydrogen-bond donors (Lipinski definition) is 1. The van der Waals surface area contributed by atoms with Crippen LogP contribution >= 0.6 is 0 Å². The third kappa shape index (κ3) is 23.1. The first-order valence-electron chi connectivity index (χ1n) is 35.6. The molecular formula is C81H95Ir4N15O2-4. The smallest absolute Gasteiger partial charge is 0.225 e. The van der Waals surface area contributed by atoms with Gasteiger partial charge in [-0.25, -0.2) is 36.7 Å². The molecule has 8 heterocycles. The molecule has 102 heavy (non-hydrogen) atoms. The van der Waals surface area contributed by atoms with Crippen LogP contribution in [0.5, 0.6) is 0 Å². The van der Waals surface area contributed by atoms with Crippen LogP contribution in [0.15, 0.2) is 163 Å². The van der Waals surface area contributed by atoms with Gasteiger partial charge >= 0.3 is 0 Å². The number of aliphatic hydroxyl groups is 1. The summed E-state index contributed by atoms with van der Waals surface area (Å²) in [5, 5.41) is 25.2. The Hall–Kier alpha value is -6.70. The van der Waals surface area contributed by atoms with E-state index in [9.17, 15) is 9.90 Å². The van der Waals surface area contributed by atoms with E-state index in [1.54, 1.807) is 76.6 Å². The van der Waals surface area contributed by atoms with Crippen LogP contribution in [0.2, 0.25) is 0 Å². The van der Waals surface area contributed by atoms with E-state index in [0.717, 1.165) is 72.3 Å². The predicted molar refractivity (Wildman–Crippen MR) is 386 cm³/mol. The van der Waals surface area contributed by atoms with E-state index in [1.807, 2.05) is 89.4 Å². The first-order chi connectivity index (χ1) is 47.6. The van der Waals surface area contributed by atoms with Gasteiger partial charge in [0.2, 0.25) is 11.6 Å². The normalized spacial score (nSPS) is 19.2. The molecule has 0 spiro atoms. The maximum absolute atomic E-state index is 11.8. The zero-order valence-corrected chi connectivity index (χ0v) is 68.9. The first kappa shape index (κ1) is 82.6. The molecule has 0 atom stereocenters. The standard InChI is InChI=1S/C21H31N4.C17H18N3.C15H19N4.C15H12O2.C13H15N4.4Ir/c1-21(11-8-18(9-12-21)17-6-3-2-4-7-17)16-19-10-15-25(24-19)20-22-13-5-14-23-20;1-17(9-4-5-10-17)13-15-14(18-2)8-12-20(15)16-7-3-6-11-19-16;1-12-17-11-19(18-12)14-9-13(5-8-16-14)10-15(2)6-3-4-7-15;16-14(12-7-3-1-4-8-12)11-15(17)13-9-5-2-6-10-13;1-13(7-3-4-8-13)12-15-10-17(16-12)11-6-2-5-9-14-11;;;;/h5,13-15,17-18H,2-4,6-12,16H2,1H3;3,6-8,11H,4-5,9-10,13H2,1H3;5,8-9H,3-4,6-7,10H2,1-2H3;1-11,16H;2,5-6,9H,3-4,7-8H2,1H3;;;;/q3*-1;;-1;;;;. The zero-order chi connectivity index (χ0) is 68.2. The van der Waals surface area contributed by atoms with Gasteiger partial charge in [0.15, 0.2) is 5.78 Å². The monoisotopic (exact) mass is 2080 g/mol. The molecule has 15 rings (SSSR count). The number of carbonyl (C=O) groups is 1. The van der Waals surface area contributed by atoms with Gasteiger partial charge in [-0.1, -0.05) is 214 Å². The molecule has 21 heteroatoms. The Labute approximate surface area is 658 Å². The number of aryl methyl sites for hydroxylation is 1. The summed E-state index contributed by atoms with van der Waals surface area (Å²) in [5.41, 5.74) is 6.95. The van der Waals surface area contributed by atoms with Crippen molar-refractivity contribution < 1.29 is 90.3 Å². The van der Waals surface area contributed by atoms with Crippen molar-refractivity contribution >= 4 is 28.9 Å². The molecule has 2 aromatic carbocycles. The molecule has 17 nitrogen and oxygen atoms in total. The summed E-state index contributed by atoms with van der Waals surface area (Å²) >= 11 is 0. The quantitative estimate of drug-likeness (QED) is 0.0443. The molecule has 5 saturated carbocycles. The molecule has 1 N–H and O–H groups in total. The molecule has 6 aliphatic rings. The average Bonchev–Trinajstić information content (AvgIpc) is 1.67. The average molecular weight is 2080 g/mol. The number of pyridine rings is 3. The van der Waals surface area contributed by atoms with E-state index in [2.05, 4.69) is 115 Å². The number of anilines is 1. The van der Waals surface area contributed by atoms with Crippen LogP contribution in [0.1, 0.15) is 214 Å². The summed E-state index contributed by atoms with van der Waals surface area (Å²) in [6.45, 7) is 20.8. The summed E-state index contributed by atoms with van der Waals surface area (Å²) in [6.07, 6.45) is 51.7. The van der Waals surface area contributed by atoms with Crippen molar-refractivity contribution in [2.45, 2.75) is 201 Å². The van der Waals surface area contributed by atoms with Gasteiger partial charge in [0.05, 0.1) is 23.3 Å². The molecule has 7 aromatic heterocycles. The van der Waals surface area contributed by atoms with Crippen molar-refractivity contribution in [3.8, 4) is 17.5 Å². The minimum Gasteiger partial charge on any atom is -0.507 e. The van der Waals surface area contributed by atoms with Gasteiger partial charge in [-0.2, -0.15) is 0 Å². The number of hydrazone groups is 1. The SMILES string of the molecule is CC1(CC2=NN(c3ncccn3)[CH-]C2)CCC(C2CCCCC2)CC1.CC1(c2n[c-]n(-c3ccccn3)n2)CCCC1.Cc1n[c-]n(-c2cc(CC3(C)CCCC3)ccn2)n1.O=C(C=C(O)c1ccccc1)c1ccccc1.[C-]#[N+]c1c[c-]n(-c2ccccn2)c1CC1(C)CCCC1.[Ir].[Ir].[Ir].[Ir]. The van der Waals surface area contributed by atoms with Crippen molar-refractivity contribution in [1.82, 2.24) is 59.0 Å². The van der Waals surface area contributed by atoms with Crippen LogP contribution in [-0.2, 0) is 98.7 Å². The molecule has 0 saturated heterocycles. The predicted octanol–water partition coefficient (Wildman–Crippen LogP) is 18.4. The Balaban J connectivity index is 0.000000178. The third-order valence-electron chi connectivity index (χ3n) is 21.0. The van der Waals surface area contributed by atoms with Crippen LogP contribution in [-0.4, -0.2) is 75.6 Å². The van der Waals surface area contributed by atoms with E-state index >= 15 is 0 Å². The fraction of sp³-hybridized carbons (Fsp3) is 0.444. The molecule has 1 aliphatic heterocycles. The number of aromatic nitrogens is 12. The van der Waals surface area contributed by atoms with Crippen LogP contribution in [0.25, 0.3) is 28.1 Å². The number of aliphatic hydroxyl groups excluding tert-OH is 1. The summed E-state index contributed by atoms with van der Waals surface area (Å²) in [5.74, 6) is 6.54. The van der Waals surface area contributed by atoms with Gasteiger partial charge in [0, 0.05) is 153 Å². The minimum absolute atomic E-state index is 0. The van der Waals surface area contributed by atoms with Crippen LogP contribution < -0.4 is 5.01 Å². The van der Waals surface area contributed by atoms with Gasteiger partial charge in [0.25, 0.3) is 0 Å². The van der Waals surface area contributed by atoms with Crippen molar-refractivity contribution in [3.63, 3.8) is 0 Å². The second kappa shape index (κ2) is 40.0. The van der Waals surface area contributed by atoms with Gasteiger partial charge in [-0.15, -0.1) is 6.42 Å². The molecule has 5 aliphatic carbocycles. The van der Waals surface area contributed by atoms with Gasteiger partial charge < -0.3 is 44.0 Å². The van der Waals surface area contributed by atoms with Crippen LogP contribution in [0.4, 0.5) is 11.6 Å². The zero-order valence-electron chi connectivity index (χ0n) is 59.3. The molecule has 0 unspecified atom stereocenters. The van der Waals surface area contributed by atoms with Crippen molar-refractivity contribution in [2.75, 3.05) is 5.01 Å². The van der Waals surface area contributed by atoms with Crippen LogP contribution in [0, 0.1) is 67.0 Å². The first-order valence-corrected chi connectivity index (χ1v) is 35.6. The van der Waals surface area contributed by atoms with Gasteiger partial charge in [-0.05, 0) is 147 Å². The van der Waals surface area contributed by atoms with E-state index < -0.39 is 0 Å². The molecule has 0 bridgehead atoms. The molecule has 9 aromatic rings. The molecule has 546 valence electrons.